The van der Waals surface area contributed by atoms with Gasteiger partial charge in [0.1, 0.15) is 23.2 Å². The highest BCUT2D eigenvalue weighted by Gasteiger charge is 2.21. The average Bonchev–Trinajstić information content (AvgIpc) is 3.09. The minimum Gasteiger partial charge on any atom is -0.477 e. The summed E-state index contributed by atoms with van der Waals surface area (Å²) < 4.78 is 48.1. The Bertz CT molecular complexity index is 977. The summed E-state index contributed by atoms with van der Waals surface area (Å²) in [5, 5.41) is 3.83. The van der Waals surface area contributed by atoms with Crippen molar-refractivity contribution < 1.29 is 17.5 Å². The molecule has 3 aromatic rings. The van der Waals surface area contributed by atoms with Gasteiger partial charge in [-0.15, -0.1) is 0 Å². The highest BCUT2D eigenvalue weighted by atomic mass is 32.2. The first-order valence-electron chi connectivity index (χ1n) is 7.26. The van der Waals surface area contributed by atoms with Crippen LogP contribution >= 0.6 is 0 Å². The lowest BCUT2D eigenvalue weighted by Gasteiger charge is -2.12. The molecule has 0 bridgehead atoms. The van der Waals surface area contributed by atoms with Gasteiger partial charge in [0.25, 0.3) is 10.0 Å². The highest BCUT2D eigenvalue weighted by molar-refractivity contribution is 7.92. The normalized spacial score (nSPS) is 11.3. The van der Waals surface area contributed by atoms with Crippen LogP contribution in [-0.2, 0) is 10.0 Å². The summed E-state index contributed by atoms with van der Waals surface area (Å²) in [6, 6.07) is 6.72. The second-order valence-corrected chi connectivity index (χ2v) is 6.50. The number of halogens is 1. The SMILES string of the molecule is CCOc1ncccc1S(=O)(=O)Nc1ccc(-n2cncn2)c(F)c1. The fourth-order valence-corrected chi connectivity index (χ4v) is 3.27. The molecule has 130 valence electrons. The second kappa shape index (κ2) is 6.85. The first kappa shape index (κ1) is 16.8. The molecule has 0 unspecified atom stereocenters. The number of ether oxygens (including phenoxy) is 1. The van der Waals surface area contributed by atoms with Gasteiger partial charge in [-0.2, -0.15) is 5.10 Å². The predicted octanol–water partition coefficient (Wildman–Crippen LogP) is 2.00. The molecule has 2 heterocycles. The Balaban J connectivity index is 1.90. The van der Waals surface area contributed by atoms with Gasteiger partial charge in [0.15, 0.2) is 5.82 Å². The maximum atomic E-state index is 14.2. The van der Waals surface area contributed by atoms with Crippen molar-refractivity contribution >= 4 is 15.7 Å². The van der Waals surface area contributed by atoms with Crippen molar-refractivity contribution in [2.75, 3.05) is 11.3 Å². The van der Waals surface area contributed by atoms with Crippen molar-refractivity contribution in [3.05, 3.63) is 55.0 Å². The number of aromatic nitrogens is 4. The van der Waals surface area contributed by atoms with Crippen LogP contribution in [0.1, 0.15) is 6.92 Å². The van der Waals surface area contributed by atoms with Crippen LogP contribution in [0.5, 0.6) is 5.88 Å². The van der Waals surface area contributed by atoms with Crippen LogP contribution < -0.4 is 9.46 Å². The molecule has 0 atom stereocenters. The number of hydrogen-bond acceptors (Lipinski definition) is 6. The molecular formula is C15H14FN5O3S. The van der Waals surface area contributed by atoms with Gasteiger partial charge in [0.05, 0.1) is 12.3 Å². The molecule has 25 heavy (non-hydrogen) atoms. The van der Waals surface area contributed by atoms with Crippen LogP contribution in [0.25, 0.3) is 5.69 Å². The Morgan fingerprint density at radius 3 is 2.84 bits per heavy atom. The maximum absolute atomic E-state index is 14.2. The lowest BCUT2D eigenvalue weighted by Crippen LogP contribution is -2.15. The summed E-state index contributed by atoms with van der Waals surface area (Å²) in [4.78, 5) is 7.52. The molecule has 0 radical (unpaired) electrons. The van der Waals surface area contributed by atoms with Crippen LogP contribution in [0.4, 0.5) is 10.1 Å². The van der Waals surface area contributed by atoms with Gasteiger partial charge in [-0.3, -0.25) is 4.72 Å². The van der Waals surface area contributed by atoms with Crippen LogP contribution in [0.2, 0.25) is 0 Å². The topological polar surface area (TPSA) is 99.0 Å². The molecule has 0 saturated heterocycles. The van der Waals surface area contributed by atoms with E-state index in [0.717, 1.165) is 6.07 Å². The summed E-state index contributed by atoms with van der Waals surface area (Å²) in [6.45, 7) is 1.98. The van der Waals surface area contributed by atoms with Gasteiger partial charge in [-0.25, -0.2) is 27.5 Å². The number of pyridine rings is 1. The minimum absolute atomic E-state index is 0.0165. The van der Waals surface area contributed by atoms with E-state index >= 15 is 0 Å². The number of nitrogens with zero attached hydrogens (tertiary/aromatic N) is 4. The molecule has 0 saturated carbocycles. The number of nitrogens with one attached hydrogen (secondary N) is 1. The molecule has 0 aliphatic rings. The first-order chi connectivity index (χ1) is 12.0. The summed E-state index contributed by atoms with van der Waals surface area (Å²) in [5.41, 5.74) is 0.212. The Kier molecular flexibility index (Phi) is 4.61. The van der Waals surface area contributed by atoms with Crippen LogP contribution in [0.15, 0.2) is 54.1 Å². The van der Waals surface area contributed by atoms with Crippen molar-refractivity contribution in [1.29, 1.82) is 0 Å². The number of hydrogen-bond donors (Lipinski definition) is 1. The molecule has 2 aromatic heterocycles. The van der Waals surface area contributed by atoms with Crippen molar-refractivity contribution in [3.8, 4) is 11.6 Å². The van der Waals surface area contributed by atoms with E-state index in [1.807, 2.05) is 0 Å². The van der Waals surface area contributed by atoms with Gasteiger partial charge in [0, 0.05) is 12.3 Å². The Morgan fingerprint density at radius 2 is 2.16 bits per heavy atom. The number of sulfonamides is 1. The monoisotopic (exact) mass is 363 g/mol. The van der Waals surface area contributed by atoms with Crippen LogP contribution in [0, 0.1) is 5.82 Å². The van der Waals surface area contributed by atoms with E-state index in [2.05, 4.69) is 19.8 Å². The zero-order valence-corrected chi connectivity index (χ0v) is 13.9. The molecular weight excluding hydrogens is 349 g/mol. The molecule has 0 spiro atoms. The van der Waals surface area contributed by atoms with Gasteiger partial charge in [-0.05, 0) is 31.2 Å². The maximum Gasteiger partial charge on any atom is 0.267 e. The average molecular weight is 363 g/mol. The van der Waals surface area contributed by atoms with Gasteiger partial charge < -0.3 is 4.74 Å². The number of benzene rings is 1. The third-order valence-electron chi connectivity index (χ3n) is 3.17. The lowest BCUT2D eigenvalue weighted by atomic mass is 10.3. The van der Waals surface area contributed by atoms with Crippen molar-refractivity contribution in [3.63, 3.8) is 0 Å². The third kappa shape index (κ3) is 3.58. The highest BCUT2D eigenvalue weighted by Crippen LogP contribution is 2.25. The van der Waals surface area contributed by atoms with Crippen LogP contribution in [0.3, 0.4) is 0 Å². The Hall–Kier alpha value is -3.01. The summed E-state index contributed by atoms with van der Waals surface area (Å²) in [7, 11) is -3.99. The molecule has 3 rings (SSSR count). The van der Waals surface area contributed by atoms with E-state index in [1.165, 1.54) is 47.8 Å². The van der Waals surface area contributed by atoms with E-state index < -0.39 is 15.8 Å². The molecule has 0 amide bonds. The molecule has 8 nitrogen and oxygen atoms in total. The molecule has 0 fully saturated rings. The van der Waals surface area contributed by atoms with Gasteiger partial charge in [-0.1, -0.05) is 0 Å². The van der Waals surface area contributed by atoms with Crippen molar-refractivity contribution in [2.24, 2.45) is 0 Å². The lowest BCUT2D eigenvalue weighted by molar-refractivity contribution is 0.317. The van der Waals surface area contributed by atoms with E-state index in [9.17, 15) is 12.8 Å². The smallest absolute Gasteiger partial charge is 0.267 e. The fourth-order valence-electron chi connectivity index (χ4n) is 2.12. The number of anilines is 1. The van der Waals surface area contributed by atoms with Crippen molar-refractivity contribution in [1.82, 2.24) is 19.7 Å². The second-order valence-electron chi connectivity index (χ2n) is 4.85. The van der Waals surface area contributed by atoms with Crippen LogP contribution in [-0.4, -0.2) is 34.8 Å². The number of rotatable bonds is 6. The zero-order valence-electron chi connectivity index (χ0n) is 13.1. The van der Waals surface area contributed by atoms with Crippen molar-refractivity contribution in [2.45, 2.75) is 11.8 Å². The van der Waals surface area contributed by atoms with E-state index in [4.69, 9.17) is 4.74 Å². The molecule has 10 heteroatoms. The molecule has 1 N–H and O–H groups in total. The first-order valence-corrected chi connectivity index (χ1v) is 8.75. The summed E-state index contributed by atoms with van der Waals surface area (Å²) in [5.74, 6) is -0.667. The van der Waals surface area contributed by atoms with E-state index in [-0.39, 0.29) is 28.8 Å². The molecule has 0 aliphatic heterocycles. The van der Waals surface area contributed by atoms with E-state index in [0.29, 0.717) is 0 Å². The third-order valence-corrected chi connectivity index (χ3v) is 4.57. The summed E-state index contributed by atoms with van der Waals surface area (Å²) in [6.07, 6.45) is 4.04. The Morgan fingerprint density at radius 1 is 1.32 bits per heavy atom. The predicted molar refractivity (Wildman–Crippen MR) is 87.5 cm³/mol. The molecule has 1 aromatic carbocycles. The van der Waals surface area contributed by atoms with E-state index in [1.54, 1.807) is 6.92 Å². The Labute approximate surface area is 143 Å². The fraction of sp³-hybridized carbons (Fsp3) is 0.133. The molecule has 0 aliphatic carbocycles. The zero-order chi connectivity index (χ0) is 17.9. The van der Waals surface area contributed by atoms with Gasteiger partial charge in [0.2, 0.25) is 5.88 Å². The summed E-state index contributed by atoms with van der Waals surface area (Å²) >= 11 is 0. The van der Waals surface area contributed by atoms with Gasteiger partial charge >= 0.3 is 0 Å². The standard InChI is InChI=1S/C15H14FN5O3S/c1-2-24-15-14(4-3-7-18-15)25(22,23)20-11-5-6-13(12(16)8-11)21-10-17-9-19-21/h3-10,20H,2H2,1H3. The largest absolute Gasteiger partial charge is 0.477 e. The minimum atomic E-state index is -3.99. The quantitative estimate of drug-likeness (QED) is 0.719.